The summed E-state index contributed by atoms with van der Waals surface area (Å²) in [5.74, 6) is -2.66. The number of methoxy groups -OCH3 is 1. The zero-order valence-electron chi connectivity index (χ0n) is 21.4. The predicted molar refractivity (Wildman–Crippen MR) is 152 cm³/mol. The summed E-state index contributed by atoms with van der Waals surface area (Å²) in [5, 5.41) is 44.3. The van der Waals surface area contributed by atoms with E-state index in [-0.39, 0.29) is 41.4 Å². The molecule has 1 aromatic heterocycles. The van der Waals surface area contributed by atoms with Crippen molar-refractivity contribution >= 4 is 44.4 Å². The fraction of sp³-hybridized carbons (Fsp3) is 0.179. The number of hydrogen-bond acceptors (Lipinski definition) is 12. The van der Waals surface area contributed by atoms with Gasteiger partial charge in [-0.2, -0.15) is 10.4 Å². The number of nitrogens with zero attached hydrogens (tertiary/aromatic N) is 2. The molecule has 0 radical (unpaired) electrons. The van der Waals surface area contributed by atoms with Crippen molar-refractivity contribution in [2.75, 3.05) is 13.7 Å². The van der Waals surface area contributed by atoms with E-state index in [4.69, 9.17) is 10.00 Å². The van der Waals surface area contributed by atoms with Gasteiger partial charge in [0.25, 0.3) is 5.56 Å². The van der Waals surface area contributed by atoms with E-state index in [1.807, 2.05) is 6.07 Å². The van der Waals surface area contributed by atoms with Crippen LogP contribution in [0.1, 0.15) is 23.2 Å². The SMILES string of the molecule is COc1cc(=O)c2c(=O)c3c(c(=O)c=2c1=O)=C(O)[C@]1(CCc2c1c(O)c1c(=O)[nH]c(C=NNCC#N)cc1c2Br)C=3O. The van der Waals surface area contributed by atoms with Crippen molar-refractivity contribution in [1.82, 2.24) is 10.4 Å². The number of fused-ring (bicyclic) bond motifs is 4. The Bertz CT molecular complexity index is 2470. The molecule has 1 heterocycles. The number of ether oxygens (including phenoxy) is 1. The summed E-state index contributed by atoms with van der Waals surface area (Å²) in [6.45, 7) is -0.0672. The lowest BCUT2D eigenvalue weighted by atomic mass is 9.78. The van der Waals surface area contributed by atoms with Gasteiger partial charge in [0.15, 0.2) is 11.2 Å². The van der Waals surface area contributed by atoms with Gasteiger partial charge in [-0.1, -0.05) is 0 Å². The lowest BCUT2D eigenvalue weighted by Gasteiger charge is -2.27. The molecular formula is C28H17BrN4O9. The van der Waals surface area contributed by atoms with Crippen LogP contribution in [0.3, 0.4) is 0 Å². The Morgan fingerprint density at radius 1 is 1.07 bits per heavy atom. The number of pyridine rings is 1. The van der Waals surface area contributed by atoms with Gasteiger partial charge in [-0.05, 0) is 40.4 Å². The minimum Gasteiger partial charge on any atom is -0.510 e. The van der Waals surface area contributed by atoms with Crippen LogP contribution in [0.15, 0.2) is 45.7 Å². The fourth-order valence-electron chi connectivity index (χ4n) is 6.08. The second-order valence-corrected chi connectivity index (χ2v) is 10.6. The van der Waals surface area contributed by atoms with Gasteiger partial charge in [-0.15, -0.1) is 0 Å². The van der Waals surface area contributed by atoms with E-state index in [1.165, 1.54) is 12.3 Å². The number of hydrogen-bond donors (Lipinski definition) is 5. The zero-order chi connectivity index (χ0) is 30.2. The highest BCUT2D eigenvalue weighted by molar-refractivity contribution is 9.10. The van der Waals surface area contributed by atoms with Crippen molar-refractivity contribution in [2.45, 2.75) is 18.3 Å². The number of halogens is 1. The van der Waals surface area contributed by atoms with Crippen molar-refractivity contribution in [3.8, 4) is 17.6 Å². The van der Waals surface area contributed by atoms with E-state index >= 15 is 0 Å². The molecule has 210 valence electrons. The molecule has 1 atom stereocenters. The molecule has 1 spiro atoms. The molecule has 1 aromatic carbocycles. The van der Waals surface area contributed by atoms with Gasteiger partial charge in [0.05, 0.1) is 51.3 Å². The number of phenols is 1. The first-order chi connectivity index (χ1) is 20.0. The largest absolute Gasteiger partial charge is 0.510 e. The van der Waals surface area contributed by atoms with Crippen molar-refractivity contribution in [1.29, 1.82) is 5.26 Å². The zero-order valence-corrected chi connectivity index (χ0v) is 23.0. The number of nitrogens with one attached hydrogen (secondary N) is 2. The van der Waals surface area contributed by atoms with Crippen LogP contribution in [0.2, 0.25) is 0 Å². The number of aromatic nitrogens is 1. The summed E-state index contributed by atoms with van der Waals surface area (Å²) in [6, 6.07) is 4.13. The van der Waals surface area contributed by atoms with E-state index in [2.05, 4.69) is 31.4 Å². The van der Waals surface area contributed by atoms with Crippen LogP contribution < -0.4 is 47.9 Å². The average molecular weight is 633 g/mol. The van der Waals surface area contributed by atoms with Crippen LogP contribution in [0.25, 0.3) is 22.3 Å². The number of aromatic amines is 1. The van der Waals surface area contributed by atoms with Gasteiger partial charge >= 0.3 is 0 Å². The Morgan fingerprint density at radius 3 is 2.38 bits per heavy atom. The molecule has 0 saturated heterocycles. The van der Waals surface area contributed by atoms with Gasteiger partial charge in [0.2, 0.25) is 16.3 Å². The number of phenolic OH excluding ortho intramolecular Hbond substituents is 1. The highest BCUT2D eigenvalue weighted by Gasteiger charge is 2.53. The summed E-state index contributed by atoms with van der Waals surface area (Å²) < 4.78 is 5.23. The summed E-state index contributed by atoms with van der Waals surface area (Å²) in [4.78, 5) is 68.5. The summed E-state index contributed by atoms with van der Waals surface area (Å²) >= 11 is 3.46. The Hall–Kier alpha value is -5.29. The normalized spacial score (nSPS) is 17.4. The summed E-state index contributed by atoms with van der Waals surface area (Å²) in [7, 11) is 1.11. The second-order valence-electron chi connectivity index (χ2n) is 9.78. The Labute approximate surface area is 240 Å². The topological polar surface area (TPSA) is 219 Å². The summed E-state index contributed by atoms with van der Waals surface area (Å²) in [6.07, 6.45) is 1.24. The number of aromatic hydroxyl groups is 1. The average Bonchev–Trinajstić information content (AvgIpc) is 3.47. The fourth-order valence-corrected chi connectivity index (χ4v) is 6.79. The van der Waals surface area contributed by atoms with E-state index in [0.29, 0.717) is 10.0 Å². The van der Waals surface area contributed by atoms with Crippen molar-refractivity contribution in [3.63, 3.8) is 0 Å². The third kappa shape index (κ3) is 3.22. The molecule has 5 N–H and O–H groups in total. The molecule has 0 amide bonds. The van der Waals surface area contributed by atoms with E-state index in [1.54, 1.807) is 0 Å². The third-order valence-corrected chi connectivity index (χ3v) is 8.74. The number of hydrazone groups is 1. The predicted octanol–water partition coefficient (Wildman–Crippen LogP) is -1.28. The van der Waals surface area contributed by atoms with E-state index < -0.39 is 76.6 Å². The Kier molecular flexibility index (Phi) is 5.84. The highest BCUT2D eigenvalue weighted by Crippen LogP contribution is 2.56. The van der Waals surface area contributed by atoms with Crippen LogP contribution in [0.4, 0.5) is 0 Å². The first-order valence-electron chi connectivity index (χ1n) is 12.3. The van der Waals surface area contributed by atoms with Crippen molar-refractivity contribution < 1.29 is 20.1 Å². The van der Waals surface area contributed by atoms with Crippen LogP contribution in [0.5, 0.6) is 11.5 Å². The molecule has 42 heavy (non-hydrogen) atoms. The van der Waals surface area contributed by atoms with Gasteiger partial charge in [-0.25, -0.2) is 0 Å². The molecule has 0 bridgehead atoms. The highest BCUT2D eigenvalue weighted by atomic mass is 79.9. The molecular weight excluding hydrogens is 616 g/mol. The van der Waals surface area contributed by atoms with Crippen LogP contribution in [0, 0.1) is 21.8 Å². The number of aliphatic hydroxyl groups excluding tert-OH is 2. The van der Waals surface area contributed by atoms with Gasteiger partial charge < -0.3 is 25.0 Å². The maximum Gasteiger partial charge on any atom is 0.260 e. The number of benzene rings is 1. The Morgan fingerprint density at radius 2 is 1.74 bits per heavy atom. The third-order valence-electron chi connectivity index (χ3n) is 7.83. The van der Waals surface area contributed by atoms with Crippen LogP contribution in [-0.2, 0) is 11.8 Å². The molecule has 13 nitrogen and oxygen atoms in total. The van der Waals surface area contributed by atoms with E-state index in [9.17, 15) is 39.3 Å². The molecule has 2 aromatic rings. The maximum absolute atomic E-state index is 13.6. The van der Waals surface area contributed by atoms with Gasteiger partial charge in [0, 0.05) is 21.5 Å². The molecule has 0 aliphatic heterocycles. The number of rotatable bonds is 4. The molecule has 0 fully saturated rings. The quantitative estimate of drug-likeness (QED) is 0.0772. The Balaban J connectivity index is 1.73. The molecule has 0 saturated carbocycles. The standard InChI is InChI=1S/C28H17BrN4O9/c1-42-13-7-12(34)15-16(21(13)35)23(37)18-17(22(15)36)25(39)28(26(18)40)3-2-10-19(28)24(38)14-11(20(10)29)6-9(33-27(14)41)8-32-31-5-4-30/h6-8,31,38-40H,2-3,5H2,1H3,(H,33,41)/t28-/m0/s1. The van der Waals surface area contributed by atoms with Crippen molar-refractivity contribution in [2.24, 2.45) is 5.10 Å². The number of aliphatic hydroxyl groups is 2. The van der Waals surface area contributed by atoms with Crippen LogP contribution in [-0.4, -0.2) is 40.2 Å². The van der Waals surface area contributed by atoms with Gasteiger partial charge in [0.1, 0.15) is 29.2 Å². The lowest BCUT2D eigenvalue weighted by Crippen LogP contribution is -2.51. The monoisotopic (exact) mass is 632 g/mol. The first-order valence-corrected chi connectivity index (χ1v) is 13.1. The minimum atomic E-state index is -2.02. The van der Waals surface area contributed by atoms with E-state index in [0.717, 1.165) is 13.2 Å². The molecule has 6 rings (SSSR count). The second kappa shape index (κ2) is 9.11. The lowest BCUT2D eigenvalue weighted by molar-refractivity contribution is 0.362. The molecule has 14 heteroatoms. The molecule has 0 unspecified atom stereocenters. The maximum atomic E-state index is 13.6. The van der Waals surface area contributed by atoms with Gasteiger partial charge in [-0.3, -0.25) is 29.4 Å². The van der Waals surface area contributed by atoms with Crippen molar-refractivity contribution in [3.05, 3.63) is 106 Å². The minimum absolute atomic E-state index is 0.0672. The summed E-state index contributed by atoms with van der Waals surface area (Å²) in [5.41, 5.74) is -4.09. The smallest absolute Gasteiger partial charge is 0.260 e. The number of nitriles is 1. The molecule has 4 aliphatic rings. The molecule has 4 aliphatic carbocycles. The first kappa shape index (κ1) is 26.9. The number of H-pyrrole nitrogens is 1. The van der Waals surface area contributed by atoms with Crippen LogP contribution >= 0.6 is 15.9 Å².